The fraction of sp³-hybridized carbons (Fsp3) is 0.385. The second kappa shape index (κ2) is 5.92. The van der Waals surface area contributed by atoms with E-state index in [0.29, 0.717) is 12.4 Å². The molecule has 1 rings (SSSR count). The Morgan fingerprint density at radius 2 is 2.25 bits per heavy atom. The number of hydrogen-bond donors (Lipinski definition) is 1. The third kappa shape index (κ3) is 3.54. The van der Waals surface area contributed by atoms with E-state index in [1.807, 2.05) is 32.0 Å². The lowest BCUT2D eigenvalue weighted by Gasteiger charge is -2.14. The van der Waals surface area contributed by atoms with E-state index in [4.69, 9.17) is 16.3 Å². The first-order valence-corrected chi connectivity index (χ1v) is 5.65. The van der Waals surface area contributed by atoms with Gasteiger partial charge in [-0.3, -0.25) is 0 Å². The molecule has 2 nitrogen and oxygen atoms in total. The molecular weight excluding hydrogens is 224 g/mol. The lowest BCUT2D eigenvalue weighted by atomic mass is 10.1. The zero-order valence-corrected chi connectivity index (χ0v) is 10.6. The van der Waals surface area contributed by atoms with Crippen molar-refractivity contribution in [3.8, 4) is 5.75 Å². The van der Waals surface area contributed by atoms with Gasteiger partial charge in [-0.1, -0.05) is 23.7 Å². The second-order valence-electron chi connectivity index (χ2n) is 3.96. The van der Waals surface area contributed by atoms with Gasteiger partial charge in [0.25, 0.3) is 0 Å². The molecule has 0 aliphatic heterocycles. The van der Waals surface area contributed by atoms with Crippen molar-refractivity contribution in [2.24, 2.45) is 0 Å². The monoisotopic (exact) mass is 240 g/mol. The Morgan fingerprint density at radius 3 is 2.81 bits per heavy atom. The van der Waals surface area contributed by atoms with Crippen molar-refractivity contribution >= 4 is 11.6 Å². The molecule has 0 spiro atoms. The molecule has 0 fully saturated rings. The minimum atomic E-state index is -0.532. The summed E-state index contributed by atoms with van der Waals surface area (Å²) in [6, 6.07) is 5.76. The van der Waals surface area contributed by atoms with Crippen LogP contribution in [-0.4, -0.2) is 11.7 Å². The van der Waals surface area contributed by atoms with Crippen LogP contribution in [0.1, 0.15) is 31.1 Å². The molecule has 1 N–H and O–H groups in total. The molecule has 0 heterocycles. The molecule has 1 aromatic carbocycles. The number of benzene rings is 1. The molecule has 88 valence electrons. The van der Waals surface area contributed by atoms with Gasteiger partial charge in [-0.2, -0.15) is 0 Å². The van der Waals surface area contributed by atoms with E-state index in [-0.39, 0.29) is 0 Å². The van der Waals surface area contributed by atoms with Gasteiger partial charge in [0.2, 0.25) is 0 Å². The third-order valence-corrected chi connectivity index (χ3v) is 2.63. The Bertz CT molecular complexity index is 384. The standard InChI is InChI=1S/C13H17ClO2/c1-9-4-5-12(11(3)15)13(6-9)16-8-10(2)7-14/h4-7,11,15H,8H2,1-3H3/b10-7+/t11-/m1/s1. The highest BCUT2D eigenvalue weighted by Gasteiger charge is 2.09. The van der Waals surface area contributed by atoms with Crippen molar-refractivity contribution < 1.29 is 9.84 Å². The SMILES string of the molecule is C/C(=C\Cl)COc1cc(C)ccc1[C@@H](C)O. The Kier molecular flexibility index (Phi) is 4.84. The normalized spacial score (nSPS) is 13.7. The van der Waals surface area contributed by atoms with Gasteiger partial charge in [-0.15, -0.1) is 0 Å². The summed E-state index contributed by atoms with van der Waals surface area (Å²) < 4.78 is 5.62. The van der Waals surface area contributed by atoms with Gasteiger partial charge in [-0.05, 0) is 38.0 Å². The first kappa shape index (κ1) is 13.1. The van der Waals surface area contributed by atoms with E-state index in [1.165, 1.54) is 5.54 Å². The molecule has 0 radical (unpaired) electrons. The molecule has 0 saturated heterocycles. The Labute approximate surface area is 102 Å². The van der Waals surface area contributed by atoms with Crippen LogP contribution in [0.25, 0.3) is 0 Å². The van der Waals surface area contributed by atoms with Gasteiger partial charge >= 0.3 is 0 Å². The van der Waals surface area contributed by atoms with E-state index in [0.717, 1.165) is 16.7 Å². The molecule has 0 aromatic heterocycles. The molecule has 16 heavy (non-hydrogen) atoms. The number of aliphatic hydroxyl groups is 1. The molecule has 1 aromatic rings. The van der Waals surface area contributed by atoms with Gasteiger partial charge in [0.15, 0.2) is 0 Å². The number of rotatable bonds is 4. The first-order chi connectivity index (χ1) is 7.54. The first-order valence-electron chi connectivity index (χ1n) is 5.22. The van der Waals surface area contributed by atoms with E-state index in [2.05, 4.69) is 0 Å². The molecule has 3 heteroatoms. The lowest BCUT2D eigenvalue weighted by Crippen LogP contribution is -2.03. The fourth-order valence-corrected chi connectivity index (χ4v) is 1.40. The second-order valence-corrected chi connectivity index (χ2v) is 4.18. The van der Waals surface area contributed by atoms with Crippen LogP contribution in [0.3, 0.4) is 0 Å². The predicted molar refractivity (Wildman–Crippen MR) is 66.9 cm³/mol. The molecule has 0 bridgehead atoms. The Morgan fingerprint density at radius 1 is 1.56 bits per heavy atom. The molecule has 0 amide bonds. The highest BCUT2D eigenvalue weighted by Crippen LogP contribution is 2.26. The average Bonchev–Trinajstić information content (AvgIpc) is 2.25. The van der Waals surface area contributed by atoms with Crippen LogP contribution in [0.5, 0.6) is 5.75 Å². The third-order valence-electron chi connectivity index (χ3n) is 2.26. The van der Waals surface area contributed by atoms with E-state index in [1.54, 1.807) is 6.92 Å². The predicted octanol–water partition coefficient (Wildman–Crippen LogP) is 3.57. The smallest absolute Gasteiger partial charge is 0.125 e. The van der Waals surface area contributed by atoms with Crippen molar-refractivity contribution in [1.82, 2.24) is 0 Å². The van der Waals surface area contributed by atoms with Gasteiger partial charge in [0.05, 0.1) is 6.10 Å². The van der Waals surface area contributed by atoms with Crippen LogP contribution in [0.2, 0.25) is 0 Å². The van der Waals surface area contributed by atoms with Gasteiger partial charge in [0.1, 0.15) is 12.4 Å². The summed E-state index contributed by atoms with van der Waals surface area (Å²) in [7, 11) is 0. The maximum Gasteiger partial charge on any atom is 0.125 e. The maximum absolute atomic E-state index is 9.60. The molecule has 1 atom stereocenters. The summed E-state index contributed by atoms with van der Waals surface area (Å²) in [6.45, 7) is 6.04. The summed E-state index contributed by atoms with van der Waals surface area (Å²) in [5, 5.41) is 9.60. The van der Waals surface area contributed by atoms with Crippen LogP contribution in [0.15, 0.2) is 29.3 Å². The molecule has 0 aliphatic carbocycles. The minimum Gasteiger partial charge on any atom is -0.489 e. The number of aryl methyl sites for hydroxylation is 1. The van der Waals surface area contributed by atoms with Crippen LogP contribution >= 0.6 is 11.6 Å². The van der Waals surface area contributed by atoms with Crippen molar-refractivity contribution in [1.29, 1.82) is 0 Å². The summed E-state index contributed by atoms with van der Waals surface area (Å²) in [6.07, 6.45) is -0.532. The van der Waals surface area contributed by atoms with Gasteiger partial charge in [0, 0.05) is 11.1 Å². The summed E-state index contributed by atoms with van der Waals surface area (Å²) >= 11 is 5.56. The number of ether oxygens (including phenoxy) is 1. The summed E-state index contributed by atoms with van der Waals surface area (Å²) in [4.78, 5) is 0. The minimum absolute atomic E-state index is 0.437. The van der Waals surface area contributed by atoms with Gasteiger partial charge < -0.3 is 9.84 Å². The zero-order chi connectivity index (χ0) is 12.1. The van der Waals surface area contributed by atoms with Crippen LogP contribution in [0, 0.1) is 6.92 Å². The molecule has 0 aliphatic rings. The van der Waals surface area contributed by atoms with Crippen molar-refractivity contribution in [2.45, 2.75) is 26.9 Å². The average molecular weight is 241 g/mol. The van der Waals surface area contributed by atoms with Crippen molar-refractivity contribution in [3.05, 3.63) is 40.4 Å². The van der Waals surface area contributed by atoms with E-state index < -0.39 is 6.10 Å². The van der Waals surface area contributed by atoms with E-state index >= 15 is 0 Å². The van der Waals surface area contributed by atoms with Crippen molar-refractivity contribution in [2.75, 3.05) is 6.61 Å². The number of aliphatic hydroxyl groups excluding tert-OH is 1. The lowest BCUT2D eigenvalue weighted by molar-refractivity contribution is 0.192. The molecular formula is C13H17ClO2. The number of hydrogen-bond acceptors (Lipinski definition) is 2. The quantitative estimate of drug-likeness (QED) is 0.872. The molecule has 0 unspecified atom stereocenters. The highest BCUT2D eigenvalue weighted by atomic mass is 35.5. The van der Waals surface area contributed by atoms with Gasteiger partial charge in [-0.25, -0.2) is 0 Å². The Hall–Kier alpha value is -0.990. The summed E-state index contributed by atoms with van der Waals surface area (Å²) in [5.74, 6) is 0.716. The zero-order valence-electron chi connectivity index (χ0n) is 9.83. The van der Waals surface area contributed by atoms with E-state index in [9.17, 15) is 5.11 Å². The van der Waals surface area contributed by atoms with Crippen LogP contribution in [0.4, 0.5) is 0 Å². The van der Waals surface area contributed by atoms with Crippen LogP contribution in [-0.2, 0) is 0 Å². The summed E-state index contributed by atoms with van der Waals surface area (Å²) in [5.41, 5.74) is 4.34. The van der Waals surface area contributed by atoms with Crippen molar-refractivity contribution in [3.63, 3.8) is 0 Å². The number of halogens is 1. The highest BCUT2D eigenvalue weighted by molar-refractivity contribution is 6.25. The van der Waals surface area contributed by atoms with Crippen LogP contribution < -0.4 is 4.74 Å². The molecule has 0 saturated carbocycles. The fourth-order valence-electron chi connectivity index (χ4n) is 1.33. The Balaban J connectivity index is 2.88. The maximum atomic E-state index is 9.60. The largest absolute Gasteiger partial charge is 0.489 e. The topological polar surface area (TPSA) is 29.5 Å².